The topological polar surface area (TPSA) is 39.4 Å². The van der Waals surface area contributed by atoms with Gasteiger partial charge >= 0.3 is 0 Å². The summed E-state index contributed by atoms with van der Waals surface area (Å²) < 4.78 is 11.0. The Hall–Kier alpha value is -0.743. The second kappa shape index (κ2) is 5.27. The number of hydrogen-bond acceptors (Lipinski definition) is 3. The van der Waals surface area contributed by atoms with Gasteiger partial charge < -0.3 is 8.84 Å². The molecular formula is C12H18ClO3Si. The van der Waals surface area contributed by atoms with E-state index in [4.69, 9.17) is 20.4 Å². The van der Waals surface area contributed by atoms with E-state index >= 15 is 0 Å². The lowest BCUT2D eigenvalue weighted by Crippen LogP contribution is -2.26. The van der Waals surface area contributed by atoms with Gasteiger partial charge in [-0.1, -0.05) is 20.8 Å². The quantitative estimate of drug-likeness (QED) is 0.627. The normalized spacial score (nSPS) is 11.9. The van der Waals surface area contributed by atoms with Crippen LogP contribution in [0.4, 0.5) is 0 Å². The Balaban J connectivity index is 3.38. The minimum Gasteiger partial charge on any atom is -0.538 e. The van der Waals surface area contributed by atoms with E-state index in [1.54, 1.807) is 0 Å². The Labute approximate surface area is 108 Å². The zero-order chi connectivity index (χ0) is 13.2. The van der Waals surface area contributed by atoms with Crippen LogP contribution in [0.1, 0.15) is 32.1 Å². The number of hydrogen-bond donors (Lipinski definition) is 0. The summed E-state index contributed by atoms with van der Waals surface area (Å²) in [7, 11) is -1.02. The summed E-state index contributed by atoms with van der Waals surface area (Å²) >= 11 is 5.75. The molecule has 0 aliphatic heterocycles. The third kappa shape index (κ3) is 3.36. The third-order valence-electron chi connectivity index (χ3n) is 2.26. The second-order valence-corrected chi connectivity index (χ2v) is 7.41. The Bertz CT molecular complexity index is 446. The van der Waals surface area contributed by atoms with Crippen molar-refractivity contribution in [3.05, 3.63) is 27.8 Å². The molecule has 0 aliphatic rings. The summed E-state index contributed by atoms with van der Waals surface area (Å²) in [5.41, 5.74) is 0.244. The summed E-state index contributed by atoms with van der Waals surface area (Å²) in [6.07, 6.45) is 1.49. The van der Waals surface area contributed by atoms with E-state index in [0.717, 1.165) is 0 Å². The highest BCUT2D eigenvalue weighted by molar-refractivity contribution is 6.49. The molecule has 0 aromatic carbocycles. The zero-order valence-corrected chi connectivity index (χ0v) is 12.6. The fourth-order valence-corrected chi connectivity index (χ4v) is 2.20. The van der Waals surface area contributed by atoms with Crippen LogP contribution in [0.3, 0.4) is 0 Å². The summed E-state index contributed by atoms with van der Waals surface area (Å²) in [6.45, 7) is 9.82. The van der Waals surface area contributed by atoms with Crippen LogP contribution in [-0.4, -0.2) is 9.04 Å². The molecule has 0 amide bonds. The molecule has 0 aliphatic carbocycles. The van der Waals surface area contributed by atoms with Crippen LogP contribution in [0, 0.1) is 0 Å². The van der Waals surface area contributed by atoms with E-state index in [0.29, 0.717) is 11.3 Å². The molecular weight excluding hydrogens is 256 g/mol. The van der Waals surface area contributed by atoms with Gasteiger partial charge in [0.15, 0.2) is 11.5 Å². The molecule has 5 heteroatoms. The molecule has 0 unspecified atom stereocenters. The van der Waals surface area contributed by atoms with E-state index in [1.165, 1.54) is 6.26 Å². The van der Waals surface area contributed by atoms with Gasteiger partial charge in [0.25, 0.3) is 9.04 Å². The smallest absolute Gasteiger partial charge is 0.274 e. The van der Waals surface area contributed by atoms with Gasteiger partial charge in [-0.2, -0.15) is 0 Å². The molecule has 0 N–H and O–H groups in total. The highest BCUT2D eigenvalue weighted by Crippen LogP contribution is 2.24. The van der Waals surface area contributed by atoms with E-state index in [2.05, 4.69) is 0 Å². The molecule has 0 saturated heterocycles. The predicted molar refractivity (Wildman–Crippen MR) is 71.3 cm³/mol. The number of rotatable bonds is 3. The van der Waals surface area contributed by atoms with Crippen molar-refractivity contribution >= 4 is 20.6 Å². The monoisotopic (exact) mass is 273 g/mol. The standard InChI is InChI=1S/C12H18ClO3Si/c1-12(2,3)8-7-15-9(6-13)11(10(8)14)16-17(4)5/h7H,6H2,1-5H3. The lowest BCUT2D eigenvalue weighted by molar-refractivity contribution is 0.435. The van der Waals surface area contributed by atoms with Gasteiger partial charge in [0.2, 0.25) is 5.43 Å². The van der Waals surface area contributed by atoms with Crippen molar-refractivity contribution in [3.8, 4) is 5.75 Å². The van der Waals surface area contributed by atoms with Crippen LogP contribution in [0.2, 0.25) is 13.1 Å². The van der Waals surface area contributed by atoms with Crippen molar-refractivity contribution < 1.29 is 8.84 Å². The van der Waals surface area contributed by atoms with E-state index in [-0.39, 0.29) is 22.5 Å². The second-order valence-electron chi connectivity index (χ2n) is 5.12. The summed E-state index contributed by atoms with van der Waals surface area (Å²) in [4.78, 5) is 12.3. The van der Waals surface area contributed by atoms with Crippen molar-refractivity contribution in [2.24, 2.45) is 0 Å². The van der Waals surface area contributed by atoms with E-state index < -0.39 is 9.04 Å². The first-order valence-electron chi connectivity index (χ1n) is 5.46. The maximum Gasteiger partial charge on any atom is 0.274 e. The summed E-state index contributed by atoms with van der Waals surface area (Å²) in [5.74, 6) is 0.839. The average molecular weight is 274 g/mol. The molecule has 1 radical (unpaired) electrons. The fourth-order valence-electron chi connectivity index (χ4n) is 1.40. The molecule has 0 atom stereocenters. The molecule has 0 bridgehead atoms. The lowest BCUT2D eigenvalue weighted by Gasteiger charge is -2.19. The molecule has 1 rings (SSSR count). The Morgan fingerprint density at radius 1 is 1.41 bits per heavy atom. The third-order valence-corrected chi connectivity index (χ3v) is 3.11. The van der Waals surface area contributed by atoms with Gasteiger partial charge in [-0.15, -0.1) is 11.6 Å². The lowest BCUT2D eigenvalue weighted by atomic mass is 9.88. The number of alkyl halides is 1. The van der Waals surface area contributed by atoms with Gasteiger partial charge in [-0.05, 0) is 18.5 Å². The SMILES string of the molecule is C[Si](C)Oc1c(CCl)occ(C(C)(C)C)c1=O. The van der Waals surface area contributed by atoms with Gasteiger partial charge in [-0.25, -0.2) is 0 Å². The molecule has 0 fully saturated rings. The fraction of sp³-hybridized carbons (Fsp3) is 0.583. The van der Waals surface area contributed by atoms with Gasteiger partial charge in [0.1, 0.15) is 0 Å². The van der Waals surface area contributed by atoms with Crippen molar-refractivity contribution in [1.82, 2.24) is 0 Å². The van der Waals surface area contributed by atoms with Gasteiger partial charge in [-0.3, -0.25) is 4.79 Å². The van der Waals surface area contributed by atoms with Crippen LogP contribution >= 0.6 is 11.6 Å². The van der Waals surface area contributed by atoms with Crippen molar-refractivity contribution in [3.63, 3.8) is 0 Å². The Morgan fingerprint density at radius 3 is 2.41 bits per heavy atom. The molecule has 1 aromatic rings. The Kier molecular flexibility index (Phi) is 4.44. The summed E-state index contributed by atoms with van der Waals surface area (Å²) in [6, 6.07) is 0. The molecule has 1 aromatic heterocycles. The molecule has 3 nitrogen and oxygen atoms in total. The highest BCUT2D eigenvalue weighted by atomic mass is 35.5. The van der Waals surface area contributed by atoms with Crippen LogP contribution in [0.5, 0.6) is 5.75 Å². The largest absolute Gasteiger partial charge is 0.538 e. The van der Waals surface area contributed by atoms with E-state index in [1.807, 2.05) is 33.9 Å². The first kappa shape index (κ1) is 14.3. The van der Waals surface area contributed by atoms with Crippen LogP contribution in [0.15, 0.2) is 15.5 Å². The zero-order valence-electron chi connectivity index (χ0n) is 10.9. The molecule has 95 valence electrons. The first-order chi connectivity index (χ1) is 7.77. The first-order valence-corrected chi connectivity index (χ1v) is 8.40. The van der Waals surface area contributed by atoms with Crippen molar-refractivity contribution in [1.29, 1.82) is 0 Å². The molecule has 0 saturated carbocycles. The van der Waals surface area contributed by atoms with Crippen molar-refractivity contribution in [2.75, 3.05) is 0 Å². The van der Waals surface area contributed by atoms with Crippen LogP contribution in [0.25, 0.3) is 0 Å². The number of halogens is 1. The molecule has 1 heterocycles. The highest BCUT2D eigenvalue weighted by Gasteiger charge is 2.24. The van der Waals surface area contributed by atoms with Crippen LogP contribution < -0.4 is 9.85 Å². The molecule has 17 heavy (non-hydrogen) atoms. The minimum atomic E-state index is -1.02. The Morgan fingerprint density at radius 2 is 2.00 bits per heavy atom. The van der Waals surface area contributed by atoms with Gasteiger partial charge in [0.05, 0.1) is 12.1 Å². The predicted octanol–water partition coefficient (Wildman–Crippen LogP) is 3.31. The van der Waals surface area contributed by atoms with E-state index in [9.17, 15) is 4.79 Å². The summed E-state index contributed by atoms with van der Waals surface area (Å²) in [5, 5.41) is 0. The van der Waals surface area contributed by atoms with Crippen LogP contribution in [-0.2, 0) is 11.3 Å². The molecule has 0 spiro atoms. The minimum absolute atomic E-state index is 0.106. The van der Waals surface area contributed by atoms with Gasteiger partial charge in [0, 0.05) is 5.56 Å². The maximum atomic E-state index is 12.3. The maximum absolute atomic E-state index is 12.3. The average Bonchev–Trinajstić information content (AvgIpc) is 2.18. The van der Waals surface area contributed by atoms with Crippen molar-refractivity contribution in [2.45, 2.75) is 45.2 Å².